The van der Waals surface area contributed by atoms with Gasteiger partial charge in [-0.3, -0.25) is 4.98 Å². The molecule has 0 saturated carbocycles. The number of nitrogens with zero attached hydrogens (tertiary/aromatic N) is 1. The van der Waals surface area contributed by atoms with Crippen LogP contribution in [0.5, 0.6) is 0 Å². The van der Waals surface area contributed by atoms with Gasteiger partial charge in [0.1, 0.15) is 0 Å². The fraction of sp³-hybridized carbons (Fsp3) is 0.615. The van der Waals surface area contributed by atoms with E-state index in [-0.39, 0.29) is 0 Å². The van der Waals surface area contributed by atoms with Gasteiger partial charge in [-0.05, 0) is 25.0 Å². The van der Waals surface area contributed by atoms with Gasteiger partial charge in [0.25, 0.3) is 0 Å². The summed E-state index contributed by atoms with van der Waals surface area (Å²) in [5.74, 6) is 0. The number of unbranched alkanes of at least 4 members (excludes halogenated alkanes) is 5. The second kappa shape index (κ2) is 7.27. The first-order chi connectivity index (χ1) is 7.33. The van der Waals surface area contributed by atoms with Crippen LogP contribution in [0.4, 0.5) is 5.69 Å². The predicted molar refractivity (Wildman–Crippen MR) is 65.7 cm³/mol. The van der Waals surface area contributed by atoms with Gasteiger partial charge in [-0.25, -0.2) is 0 Å². The molecule has 0 aliphatic carbocycles. The van der Waals surface area contributed by atoms with Crippen molar-refractivity contribution in [3.63, 3.8) is 0 Å². The van der Waals surface area contributed by atoms with Crippen molar-refractivity contribution in [2.24, 2.45) is 0 Å². The van der Waals surface area contributed by atoms with E-state index in [2.05, 4.69) is 11.9 Å². The van der Waals surface area contributed by atoms with Crippen LogP contribution < -0.4 is 5.73 Å². The molecule has 1 heterocycles. The molecule has 0 bridgehead atoms. The zero-order valence-corrected chi connectivity index (χ0v) is 9.71. The monoisotopic (exact) mass is 206 g/mol. The summed E-state index contributed by atoms with van der Waals surface area (Å²) < 4.78 is 0. The lowest BCUT2D eigenvalue weighted by Crippen LogP contribution is -1.93. The largest absolute Gasteiger partial charge is 0.399 e. The molecule has 0 atom stereocenters. The number of rotatable bonds is 7. The van der Waals surface area contributed by atoms with Gasteiger partial charge in [0, 0.05) is 17.6 Å². The number of hydrogen-bond donors (Lipinski definition) is 1. The molecule has 2 heteroatoms. The Balaban J connectivity index is 2.10. The highest BCUT2D eigenvalue weighted by Crippen LogP contribution is 2.10. The quantitative estimate of drug-likeness (QED) is 0.693. The van der Waals surface area contributed by atoms with E-state index in [9.17, 15) is 0 Å². The number of aromatic nitrogens is 1. The summed E-state index contributed by atoms with van der Waals surface area (Å²) in [5.41, 5.74) is 7.64. The highest BCUT2D eigenvalue weighted by Gasteiger charge is 1.95. The zero-order valence-electron chi connectivity index (χ0n) is 9.71. The van der Waals surface area contributed by atoms with E-state index in [0.29, 0.717) is 0 Å². The lowest BCUT2D eigenvalue weighted by molar-refractivity contribution is 0.605. The van der Waals surface area contributed by atoms with Gasteiger partial charge in [0.15, 0.2) is 0 Å². The summed E-state index contributed by atoms with van der Waals surface area (Å²) in [5, 5.41) is 0. The maximum atomic E-state index is 5.69. The molecular formula is C13H22N2. The minimum absolute atomic E-state index is 0.825. The molecule has 2 nitrogen and oxygen atoms in total. The van der Waals surface area contributed by atoms with Gasteiger partial charge in [-0.15, -0.1) is 0 Å². The Kier molecular flexibility index (Phi) is 5.83. The number of nitrogen functional groups attached to an aromatic ring is 1. The van der Waals surface area contributed by atoms with Crippen LogP contribution in [0, 0.1) is 0 Å². The lowest BCUT2D eigenvalue weighted by Gasteiger charge is -2.02. The van der Waals surface area contributed by atoms with E-state index in [1.807, 2.05) is 12.1 Å². The maximum absolute atomic E-state index is 5.69. The maximum Gasteiger partial charge on any atom is 0.0424 e. The van der Waals surface area contributed by atoms with Crippen LogP contribution in [0.3, 0.4) is 0 Å². The van der Waals surface area contributed by atoms with Crippen molar-refractivity contribution in [1.29, 1.82) is 0 Å². The second-order valence-electron chi connectivity index (χ2n) is 4.10. The van der Waals surface area contributed by atoms with Crippen molar-refractivity contribution < 1.29 is 0 Å². The summed E-state index contributed by atoms with van der Waals surface area (Å²) in [7, 11) is 0. The highest BCUT2D eigenvalue weighted by atomic mass is 14.7. The Morgan fingerprint density at radius 2 is 1.87 bits per heavy atom. The molecule has 0 radical (unpaired) electrons. The molecule has 0 aromatic carbocycles. The molecule has 1 rings (SSSR count). The van der Waals surface area contributed by atoms with Crippen molar-refractivity contribution in [2.45, 2.75) is 51.9 Å². The lowest BCUT2D eigenvalue weighted by atomic mass is 10.1. The van der Waals surface area contributed by atoms with Crippen LogP contribution in [-0.2, 0) is 6.42 Å². The first-order valence-corrected chi connectivity index (χ1v) is 6.03. The van der Waals surface area contributed by atoms with E-state index < -0.39 is 0 Å². The van der Waals surface area contributed by atoms with Crippen molar-refractivity contribution in [2.75, 3.05) is 5.73 Å². The highest BCUT2D eigenvalue weighted by molar-refractivity contribution is 5.37. The molecule has 1 aromatic rings. The number of anilines is 1. The van der Waals surface area contributed by atoms with Crippen molar-refractivity contribution in [3.8, 4) is 0 Å². The SMILES string of the molecule is CCCCCCCCc1cc(N)ccn1. The molecule has 0 spiro atoms. The minimum Gasteiger partial charge on any atom is -0.399 e. The van der Waals surface area contributed by atoms with Gasteiger partial charge in [0.2, 0.25) is 0 Å². The number of pyridine rings is 1. The van der Waals surface area contributed by atoms with Gasteiger partial charge in [0.05, 0.1) is 0 Å². The van der Waals surface area contributed by atoms with E-state index in [4.69, 9.17) is 5.73 Å². The average molecular weight is 206 g/mol. The molecule has 0 unspecified atom stereocenters. The third-order valence-corrected chi connectivity index (χ3v) is 2.63. The summed E-state index contributed by atoms with van der Waals surface area (Å²) in [6, 6.07) is 3.82. The van der Waals surface area contributed by atoms with Crippen LogP contribution >= 0.6 is 0 Å². The van der Waals surface area contributed by atoms with Crippen molar-refractivity contribution >= 4 is 5.69 Å². The van der Waals surface area contributed by atoms with E-state index in [1.165, 1.54) is 38.5 Å². The fourth-order valence-electron chi connectivity index (χ4n) is 1.72. The van der Waals surface area contributed by atoms with Gasteiger partial charge in [-0.1, -0.05) is 39.0 Å². The normalized spacial score (nSPS) is 10.5. The van der Waals surface area contributed by atoms with Gasteiger partial charge < -0.3 is 5.73 Å². The molecule has 0 saturated heterocycles. The Labute approximate surface area is 92.9 Å². The standard InChI is InChI=1S/C13H22N2/c1-2-3-4-5-6-7-8-13-11-12(14)9-10-15-13/h9-11H,2-8H2,1H3,(H2,14,15). The van der Waals surface area contributed by atoms with Crippen LogP contribution in [0.25, 0.3) is 0 Å². The van der Waals surface area contributed by atoms with Crippen LogP contribution in [0.1, 0.15) is 51.1 Å². The first-order valence-electron chi connectivity index (χ1n) is 6.03. The number of hydrogen-bond acceptors (Lipinski definition) is 2. The minimum atomic E-state index is 0.825. The van der Waals surface area contributed by atoms with E-state index >= 15 is 0 Å². The molecule has 0 amide bonds. The zero-order chi connectivity index (χ0) is 10.9. The summed E-state index contributed by atoms with van der Waals surface area (Å²) >= 11 is 0. The summed E-state index contributed by atoms with van der Waals surface area (Å²) in [6.45, 7) is 2.25. The summed E-state index contributed by atoms with van der Waals surface area (Å²) in [4.78, 5) is 4.29. The second-order valence-corrected chi connectivity index (χ2v) is 4.10. The molecular weight excluding hydrogens is 184 g/mol. The molecule has 0 aliphatic heterocycles. The fourth-order valence-corrected chi connectivity index (χ4v) is 1.72. The number of nitrogens with two attached hydrogens (primary N) is 1. The van der Waals surface area contributed by atoms with Crippen molar-refractivity contribution in [3.05, 3.63) is 24.0 Å². The molecule has 0 aliphatic rings. The number of aryl methyl sites for hydroxylation is 1. The van der Waals surface area contributed by atoms with Crippen LogP contribution in [0.15, 0.2) is 18.3 Å². The van der Waals surface area contributed by atoms with E-state index in [1.54, 1.807) is 6.20 Å². The smallest absolute Gasteiger partial charge is 0.0424 e. The Morgan fingerprint density at radius 1 is 1.13 bits per heavy atom. The third kappa shape index (κ3) is 5.40. The summed E-state index contributed by atoms with van der Waals surface area (Å²) in [6.07, 6.45) is 10.8. The molecule has 2 N–H and O–H groups in total. The Hall–Kier alpha value is -1.05. The molecule has 84 valence electrons. The molecule has 0 fully saturated rings. The van der Waals surface area contributed by atoms with Crippen LogP contribution in [-0.4, -0.2) is 4.98 Å². The average Bonchev–Trinajstić information content (AvgIpc) is 2.23. The topological polar surface area (TPSA) is 38.9 Å². The predicted octanol–water partition coefficient (Wildman–Crippen LogP) is 3.57. The third-order valence-electron chi connectivity index (χ3n) is 2.63. The molecule has 1 aromatic heterocycles. The van der Waals surface area contributed by atoms with E-state index in [0.717, 1.165) is 17.8 Å². The van der Waals surface area contributed by atoms with Gasteiger partial charge in [-0.2, -0.15) is 0 Å². The molecule has 15 heavy (non-hydrogen) atoms. The van der Waals surface area contributed by atoms with Crippen LogP contribution in [0.2, 0.25) is 0 Å². The first kappa shape index (κ1) is 12.0. The van der Waals surface area contributed by atoms with Crippen molar-refractivity contribution in [1.82, 2.24) is 4.98 Å². The Bertz CT molecular complexity index is 271. The van der Waals surface area contributed by atoms with Gasteiger partial charge >= 0.3 is 0 Å². The Morgan fingerprint density at radius 3 is 2.60 bits per heavy atom.